The van der Waals surface area contributed by atoms with Gasteiger partial charge in [-0.3, -0.25) is 4.79 Å². The van der Waals surface area contributed by atoms with Gasteiger partial charge in [-0.05, 0) is 55.5 Å². The largest absolute Gasteiger partial charge is 0.459 e. The third kappa shape index (κ3) is 2.66. The number of hydrogen-bond donors (Lipinski definition) is 1. The van der Waals surface area contributed by atoms with Crippen molar-refractivity contribution in [1.82, 2.24) is 4.98 Å². The van der Waals surface area contributed by atoms with Crippen LogP contribution in [0.3, 0.4) is 0 Å². The first-order chi connectivity index (χ1) is 12.8. The first kappa shape index (κ1) is 15.8. The minimum absolute atomic E-state index is 0.212. The number of hydrogen-bond acceptors (Lipinski definition) is 5. The van der Waals surface area contributed by atoms with E-state index in [-0.39, 0.29) is 5.91 Å². The molecule has 130 valence electrons. The predicted molar refractivity (Wildman–Crippen MR) is 106 cm³/mol. The van der Waals surface area contributed by atoms with Gasteiger partial charge in [-0.1, -0.05) is 12.1 Å². The Balaban J connectivity index is 1.62. The van der Waals surface area contributed by atoms with Gasteiger partial charge in [0.2, 0.25) is 0 Å². The lowest BCUT2D eigenvalue weighted by molar-refractivity contribution is 0.0997. The molecular weight excluding hydrogens is 364 g/mol. The molecule has 0 spiro atoms. The van der Waals surface area contributed by atoms with E-state index in [9.17, 15) is 4.79 Å². The predicted octanol–water partition coefficient (Wildman–Crippen LogP) is 5.75. The summed E-state index contributed by atoms with van der Waals surface area (Å²) in [5.41, 5.74) is 3.47. The number of amides is 1. The van der Waals surface area contributed by atoms with Crippen LogP contribution in [-0.2, 0) is 12.8 Å². The standard InChI is InChI=1S/C20H16N2O2S2/c23-18(14-8-5-11-24-14)22-20-17(12-6-1-3-9-15(12)25-20)19-21-13-7-2-4-10-16(13)26-19/h2,4-5,7-8,10-11H,1,3,6,9H2,(H,22,23). The second-order valence-electron chi connectivity index (χ2n) is 6.33. The highest BCUT2D eigenvalue weighted by Gasteiger charge is 2.25. The molecule has 26 heavy (non-hydrogen) atoms. The number of nitrogens with zero attached hydrogens (tertiary/aromatic N) is 1. The fourth-order valence-corrected chi connectivity index (χ4v) is 5.83. The van der Waals surface area contributed by atoms with E-state index in [0.29, 0.717) is 5.76 Å². The van der Waals surface area contributed by atoms with E-state index in [2.05, 4.69) is 11.4 Å². The molecule has 1 aliphatic carbocycles. The number of anilines is 1. The third-order valence-corrected chi connectivity index (χ3v) is 6.91. The SMILES string of the molecule is O=C(Nc1sc2c(c1-c1nc3ccccc3s1)CCCC2)c1ccco1. The van der Waals surface area contributed by atoms with Gasteiger partial charge in [0.15, 0.2) is 5.76 Å². The van der Waals surface area contributed by atoms with E-state index in [1.807, 2.05) is 18.2 Å². The van der Waals surface area contributed by atoms with E-state index < -0.39 is 0 Å². The number of aromatic nitrogens is 1. The molecule has 0 unspecified atom stereocenters. The van der Waals surface area contributed by atoms with Crippen LogP contribution in [0.15, 0.2) is 47.1 Å². The molecule has 1 N–H and O–H groups in total. The zero-order chi connectivity index (χ0) is 17.5. The Morgan fingerprint density at radius 2 is 1.96 bits per heavy atom. The fourth-order valence-electron chi connectivity index (χ4n) is 3.43. The number of furan rings is 1. The molecule has 1 aromatic carbocycles. The van der Waals surface area contributed by atoms with Crippen LogP contribution < -0.4 is 5.32 Å². The van der Waals surface area contributed by atoms with E-state index in [1.54, 1.807) is 34.8 Å². The summed E-state index contributed by atoms with van der Waals surface area (Å²) in [5, 5.41) is 4.94. The van der Waals surface area contributed by atoms with E-state index in [4.69, 9.17) is 9.40 Å². The maximum absolute atomic E-state index is 12.5. The number of nitrogens with one attached hydrogen (secondary N) is 1. The van der Waals surface area contributed by atoms with Crippen LogP contribution in [0.2, 0.25) is 0 Å². The molecule has 5 rings (SSSR count). The Labute approximate surface area is 158 Å². The van der Waals surface area contributed by atoms with Crippen molar-refractivity contribution in [2.24, 2.45) is 0 Å². The lowest BCUT2D eigenvalue weighted by atomic mass is 9.96. The average molecular weight is 380 g/mol. The molecule has 1 aliphatic rings. The molecule has 0 aliphatic heterocycles. The van der Waals surface area contributed by atoms with Gasteiger partial charge in [-0.25, -0.2) is 4.98 Å². The van der Waals surface area contributed by atoms with Gasteiger partial charge in [0.1, 0.15) is 10.0 Å². The summed E-state index contributed by atoms with van der Waals surface area (Å²) in [5.74, 6) is 0.113. The molecule has 4 aromatic rings. The minimum Gasteiger partial charge on any atom is -0.459 e. The topological polar surface area (TPSA) is 55.1 Å². The number of fused-ring (bicyclic) bond motifs is 2. The van der Waals surface area contributed by atoms with Gasteiger partial charge in [0, 0.05) is 10.4 Å². The molecule has 0 fully saturated rings. The normalized spacial score (nSPS) is 13.7. The Morgan fingerprint density at radius 3 is 2.81 bits per heavy atom. The Kier molecular flexibility index (Phi) is 3.87. The highest BCUT2D eigenvalue weighted by molar-refractivity contribution is 7.22. The van der Waals surface area contributed by atoms with E-state index in [1.165, 1.54) is 34.2 Å². The first-order valence-electron chi connectivity index (χ1n) is 8.65. The van der Waals surface area contributed by atoms with Crippen molar-refractivity contribution in [1.29, 1.82) is 0 Å². The van der Waals surface area contributed by atoms with Gasteiger partial charge in [0.25, 0.3) is 5.91 Å². The van der Waals surface area contributed by atoms with Crippen molar-refractivity contribution in [3.8, 4) is 10.6 Å². The molecular formula is C20H16N2O2S2. The molecule has 3 heterocycles. The number of aryl methyl sites for hydroxylation is 1. The molecule has 3 aromatic heterocycles. The summed E-state index contributed by atoms with van der Waals surface area (Å²) >= 11 is 3.37. The van der Waals surface area contributed by atoms with Gasteiger partial charge >= 0.3 is 0 Å². The van der Waals surface area contributed by atoms with Gasteiger partial charge in [-0.15, -0.1) is 22.7 Å². The van der Waals surface area contributed by atoms with Crippen molar-refractivity contribution in [3.05, 3.63) is 58.9 Å². The number of carbonyl (C=O) groups is 1. The molecule has 1 amide bonds. The van der Waals surface area contributed by atoms with Crippen LogP contribution >= 0.6 is 22.7 Å². The maximum Gasteiger partial charge on any atom is 0.291 e. The average Bonchev–Trinajstić information content (AvgIpc) is 3.38. The molecule has 6 heteroatoms. The summed E-state index contributed by atoms with van der Waals surface area (Å²) in [6.45, 7) is 0. The molecule has 0 atom stereocenters. The fraction of sp³-hybridized carbons (Fsp3) is 0.200. The van der Waals surface area contributed by atoms with Crippen LogP contribution in [0.25, 0.3) is 20.8 Å². The minimum atomic E-state index is -0.212. The summed E-state index contributed by atoms with van der Waals surface area (Å²) in [6, 6.07) is 11.6. The lowest BCUT2D eigenvalue weighted by Crippen LogP contribution is -2.10. The van der Waals surface area contributed by atoms with Crippen molar-refractivity contribution in [3.63, 3.8) is 0 Å². The van der Waals surface area contributed by atoms with Crippen molar-refractivity contribution >= 4 is 43.8 Å². The highest BCUT2D eigenvalue weighted by atomic mass is 32.1. The van der Waals surface area contributed by atoms with Crippen LogP contribution in [0.5, 0.6) is 0 Å². The zero-order valence-electron chi connectivity index (χ0n) is 14.0. The van der Waals surface area contributed by atoms with Crippen molar-refractivity contribution in [2.45, 2.75) is 25.7 Å². The number of para-hydroxylation sites is 1. The second kappa shape index (κ2) is 6.37. The Bertz CT molecular complexity index is 1060. The monoisotopic (exact) mass is 380 g/mol. The molecule has 0 saturated heterocycles. The van der Waals surface area contributed by atoms with Gasteiger partial charge in [0.05, 0.1) is 16.5 Å². The van der Waals surface area contributed by atoms with Crippen LogP contribution in [0.4, 0.5) is 5.00 Å². The number of benzene rings is 1. The summed E-state index contributed by atoms with van der Waals surface area (Å²) < 4.78 is 6.41. The number of rotatable bonds is 3. The van der Waals surface area contributed by atoms with Crippen molar-refractivity contribution in [2.75, 3.05) is 5.32 Å². The second-order valence-corrected chi connectivity index (χ2v) is 8.47. The molecule has 4 nitrogen and oxygen atoms in total. The Morgan fingerprint density at radius 1 is 1.08 bits per heavy atom. The summed E-state index contributed by atoms with van der Waals surface area (Å²) in [6.07, 6.45) is 6.04. The quantitative estimate of drug-likeness (QED) is 0.492. The summed E-state index contributed by atoms with van der Waals surface area (Å²) in [7, 11) is 0. The molecule has 0 bridgehead atoms. The number of thiazole rings is 1. The lowest BCUT2D eigenvalue weighted by Gasteiger charge is -2.11. The highest BCUT2D eigenvalue weighted by Crippen LogP contribution is 2.46. The van der Waals surface area contributed by atoms with E-state index >= 15 is 0 Å². The van der Waals surface area contributed by atoms with Gasteiger partial charge in [-0.2, -0.15) is 0 Å². The molecule has 0 radical (unpaired) electrons. The van der Waals surface area contributed by atoms with Crippen LogP contribution in [-0.4, -0.2) is 10.9 Å². The third-order valence-electron chi connectivity index (χ3n) is 4.65. The van der Waals surface area contributed by atoms with Crippen LogP contribution in [0, 0.1) is 0 Å². The Hall–Kier alpha value is -2.44. The number of carbonyl (C=O) groups excluding carboxylic acids is 1. The number of thiophene rings is 1. The summed E-state index contributed by atoms with van der Waals surface area (Å²) in [4.78, 5) is 18.7. The van der Waals surface area contributed by atoms with Gasteiger partial charge < -0.3 is 9.73 Å². The molecule has 0 saturated carbocycles. The van der Waals surface area contributed by atoms with Crippen LogP contribution in [0.1, 0.15) is 33.8 Å². The maximum atomic E-state index is 12.5. The smallest absolute Gasteiger partial charge is 0.291 e. The van der Waals surface area contributed by atoms with E-state index in [0.717, 1.165) is 33.9 Å². The zero-order valence-corrected chi connectivity index (χ0v) is 15.6. The van der Waals surface area contributed by atoms with Crippen molar-refractivity contribution < 1.29 is 9.21 Å². The first-order valence-corrected chi connectivity index (χ1v) is 10.3.